The normalized spacial score (nSPS) is 21.9. The molecule has 0 radical (unpaired) electrons. The highest BCUT2D eigenvalue weighted by Gasteiger charge is 2.51. The largest absolute Gasteiger partial charge is 0.496 e. The maximum absolute atomic E-state index is 13.3. The number of fused-ring (bicyclic) bond motifs is 1. The summed E-state index contributed by atoms with van der Waals surface area (Å²) in [5, 5.41) is 11.4. The molecule has 152 valence electrons. The van der Waals surface area contributed by atoms with Crippen molar-refractivity contribution < 1.29 is 24.2 Å². The Morgan fingerprint density at radius 2 is 1.83 bits per heavy atom. The van der Waals surface area contributed by atoms with Crippen LogP contribution in [0.3, 0.4) is 0 Å². The van der Waals surface area contributed by atoms with E-state index in [2.05, 4.69) is 4.90 Å². The zero-order valence-electron chi connectivity index (χ0n) is 16.3. The van der Waals surface area contributed by atoms with Gasteiger partial charge in [-0.2, -0.15) is 0 Å². The van der Waals surface area contributed by atoms with Crippen molar-refractivity contribution in [2.24, 2.45) is 0 Å². The van der Waals surface area contributed by atoms with Crippen molar-refractivity contribution in [3.63, 3.8) is 0 Å². The number of nitrogens with zero attached hydrogens (tertiary/aromatic N) is 2. The first-order valence-electron chi connectivity index (χ1n) is 9.65. The molecule has 0 bridgehead atoms. The molecule has 29 heavy (non-hydrogen) atoms. The van der Waals surface area contributed by atoms with Crippen molar-refractivity contribution in [1.29, 1.82) is 0 Å². The highest BCUT2D eigenvalue weighted by Crippen LogP contribution is 2.43. The second-order valence-electron chi connectivity index (χ2n) is 7.28. The predicted octanol–water partition coefficient (Wildman–Crippen LogP) is 1.79. The van der Waals surface area contributed by atoms with Gasteiger partial charge in [-0.1, -0.05) is 30.3 Å². The minimum absolute atomic E-state index is 0.344. The number of morpholine rings is 1. The van der Waals surface area contributed by atoms with E-state index >= 15 is 0 Å². The number of amides is 1. The van der Waals surface area contributed by atoms with Crippen LogP contribution in [-0.2, 0) is 15.1 Å². The van der Waals surface area contributed by atoms with E-state index in [1.54, 1.807) is 47.4 Å². The molecule has 1 fully saturated rings. The van der Waals surface area contributed by atoms with E-state index in [1.165, 1.54) is 7.11 Å². The van der Waals surface area contributed by atoms with Crippen LogP contribution in [0.2, 0.25) is 0 Å². The molecule has 2 aliphatic heterocycles. The molecule has 1 amide bonds. The first-order valence-corrected chi connectivity index (χ1v) is 9.65. The van der Waals surface area contributed by atoms with Crippen molar-refractivity contribution in [2.75, 3.05) is 45.0 Å². The second kappa shape index (κ2) is 7.94. The second-order valence-corrected chi connectivity index (χ2v) is 7.28. The fraction of sp³-hybridized carbons (Fsp3) is 0.364. The molecule has 1 N–H and O–H groups in total. The van der Waals surface area contributed by atoms with Gasteiger partial charge in [0.2, 0.25) is 0 Å². The Morgan fingerprint density at radius 1 is 1.14 bits per heavy atom. The van der Waals surface area contributed by atoms with E-state index in [4.69, 9.17) is 9.47 Å². The molecule has 1 atom stereocenters. The molecule has 0 aliphatic carbocycles. The average Bonchev–Trinajstić information content (AvgIpc) is 2.96. The number of rotatable bonds is 6. The van der Waals surface area contributed by atoms with Crippen molar-refractivity contribution in [1.82, 2.24) is 4.90 Å². The van der Waals surface area contributed by atoms with Crippen LogP contribution in [0.25, 0.3) is 0 Å². The molecule has 0 aromatic heterocycles. The minimum atomic E-state index is -1.90. The third-order valence-electron chi connectivity index (χ3n) is 5.51. The highest BCUT2D eigenvalue weighted by atomic mass is 16.5. The Morgan fingerprint density at radius 3 is 2.59 bits per heavy atom. The number of hydrogen-bond donors (Lipinski definition) is 1. The number of carbonyl (C=O) groups excluding carboxylic acids is 2. The summed E-state index contributed by atoms with van der Waals surface area (Å²) < 4.78 is 10.6. The molecule has 1 unspecified atom stereocenters. The zero-order chi connectivity index (χ0) is 20.4. The minimum Gasteiger partial charge on any atom is -0.496 e. The number of methoxy groups -OCH3 is 1. The smallest absolute Gasteiger partial charge is 0.265 e. The Kier molecular flexibility index (Phi) is 5.36. The lowest BCUT2D eigenvalue weighted by Crippen LogP contribution is -2.49. The summed E-state index contributed by atoms with van der Waals surface area (Å²) in [5.41, 5.74) is -0.456. The summed E-state index contributed by atoms with van der Waals surface area (Å²) in [6, 6.07) is 13.9. The predicted molar refractivity (Wildman–Crippen MR) is 107 cm³/mol. The zero-order valence-corrected chi connectivity index (χ0v) is 16.3. The number of Topliss-reactive ketones (excluding diaryl/α,β-unsaturated/α-hetero) is 1. The van der Waals surface area contributed by atoms with Crippen molar-refractivity contribution in [2.45, 2.75) is 12.0 Å². The first-order chi connectivity index (χ1) is 14.0. The molecule has 2 aromatic rings. The Hall–Kier alpha value is -2.74. The summed E-state index contributed by atoms with van der Waals surface area (Å²) in [7, 11) is 1.49. The summed E-state index contributed by atoms with van der Waals surface area (Å²) in [5.74, 6) is -0.403. The molecule has 4 rings (SSSR count). The van der Waals surface area contributed by atoms with Gasteiger partial charge < -0.3 is 14.6 Å². The van der Waals surface area contributed by atoms with Crippen molar-refractivity contribution in [3.05, 3.63) is 59.7 Å². The van der Waals surface area contributed by atoms with Gasteiger partial charge in [-0.3, -0.25) is 19.4 Å². The fourth-order valence-electron chi connectivity index (χ4n) is 3.96. The number of anilines is 1. The summed E-state index contributed by atoms with van der Waals surface area (Å²) in [4.78, 5) is 30.0. The summed E-state index contributed by atoms with van der Waals surface area (Å²) in [6.45, 7) is 3.00. The molecule has 7 nitrogen and oxygen atoms in total. The lowest BCUT2D eigenvalue weighted by molar-refractivity contribution is -0.136. The molecule has 0 spiro atoms. The van der Waals surface area contributed by atoms with Crippen LogP contribution < -0.4 is 9.64 Å². The number of ether oxygens (including phenoxy) is 2. The van der Waals surface area contributed by atoms with E-state index in [0.717, 1.165) is 0 Å². The van der Waals surface area contributed by atoms with Crippen LogP contribution >= 0.6 is 0 Å². The molecule has 1 saturated heterocycles. The number of hydrogen-bond acceptors (Lipinski definition) is 6. The standard InChI is InChI=1S/C22H24N2O5/c1-28-20-9-5-2-6-16(20)19(25)14-22(27)17-7-3-4-8-18(17)24(21(22)26)15-23-10-12-29-13-11-23/h2-9,27H,10-15H2,1H3. The lowest BCUT2D eigenvalue weighted by atomic mass is 9.88. The van der Waals surface area contributed by atoms with E-state index < -0.39 is 11.5 Å². The Balaban J connectivity index is 1.64. The maximum Gasteiger partial charge on any atom is 0.265 e. The van der Waals surface area contributed by atoms with Gasteiger partial charge >= 0.3 is 0 Å². The first kappa shape index (κ1) is 19.6. The third-order valence-corrected chi connectivity index (χ3v) is 5.51. The van der Waals surface area contributed by atoms with Gasteiger partial charge in [0.15, 0.2) is 11.4 Å². The monoisotopic (exact) mass is 396 g/mol. The van der Waals surface area contributed by atoms with Gasteiger partial charge in [0.05, 0.1) is 44.7 Å². The van der Waals surface area contributed by atoms with Gasteiger partial charge in [0, 0.05) is 18.7 Å². The van der Waals surface area contributed by atoms with Gasteiger partial charge in [0.1, 0.15) is 5.75 Å². The van der Waals surface area contributed by atoms with Gasteiger partial charge in [-0.15, -0.1) is 0 Å². The van der Waals surface area contributed by atoms with Gasteiger partial charge in [0.25, 0.3) is 5.91 Å². The van der Waals surface area contributed by atoms with Crippen LogP contribution in [0.15, 0.2) is 48.5 Å². The third kappa shape index (κ3) is 3.53. The number of ketones is 1. The molecular formula is C22H24N2O5. The van der Waals surface area contributed by atoms with Crippen LogP contribution in [0, 0.1) is 0 Å². The van der Waals surface area contributed by atoms with Crippen LogP contribution in [0.4, 0.5) is 5.69 Å². The molecule has 0 saturated carbocycles. The topological polar surface area (TPSA) is 79.3 Å². The number of benzene rings is 2. The highest BCUT2D eigenvalue weighted by molar-refractivity contribution is 6.11. The van der Waals surface area contributed by atoms with E-state index in [-0.39, 0.29) is 12.2 Å². The molecule has 2 aromatic carbocycles. The Bertz CT molecular complexity index is 925. The summed E-state index contributed by atoms with van der Waals surface area (Å²) >= 11 is 0. The van der Waals surface area contributed by atoms with E-state index in [9.17, 15) is 14.7 Å². The van der Waals surface area contributed by atoms with Crippen molar-refractivity contribution >= 4 is 17.4 Å². The molecular weight excluding hydrogens is 372 g/mol. The molecule has 2 aliphatic rings. The van der Waals surface area contributed by atoms with E-state index in [0.29, 0.717) is 55.5 Å². The SMILES string of the molecule is COc1ccccc1C(=O)CC1(O)C(=O)N(CN2CCOCC2)c2ccccc21. The average molecular weight is 396 g/mol. The molecule has 2 heterocycles. The Labute approximate surface area is 169 Å². The molecule has 7 heteroatoms. The number of para-hydroxylation sites is 2. The van der Waals surface area contributed by atoms with Gasteiger partial charge in [-0.05, 0) is 18.2 Å². The maximum atomic E-state index is 13.3. The van der Waals surface area contributed by atoms with E-state index in [1.807, 2.05) is 6.07 Å². The van der Waals surface area contributed by atoms with Crippen molar-refractivity contribution in [3.8, 4) is 5.75 Å². The quantitative estimate of drug-likeness (QED) is 0.750. The fourth-order valence-corrected chi connectivity index (χ4v) is 3.96. The summed E-state index contributed by atoms with van der Waals surface area (Å²) in [6.07, 6.45) is -0.344. The number of carbonyl (C=O) groups is 2. The van der Waals surface area contributed by atoms with Gasteiger partial charge in [-0.25, -0.2) is 0 Å². The van der Waals surface area contributed by atoms with Crippen LogP contribution in [0.1, 0.15) is 22.3 Å². The lowest BCUT2D eigenvalue weighted by Gasteiger charge is -2.31. The number of aliphatic hydroxyl groups is 1. The van der Waals surface area contributed by atoms with Crippen LogP contribution in [-0.4, -0.2) is 61.8 Å². The van der Waals surface area contributed by atoms with Crippen LogP contribution in [0.5, 0.6) is 5.75 Å².